The van der Waals surface area contributed by atoms with Gasteiger partial charge in [0.25, 0.3) is 0 Å². The molecule has 1 N–H and O–H groups in total. The van der Waals surface area contributed by atoms with E-state index in [2.05, 4.69) is 14.8 Å². The predicted octanol–water partition coefficient (Wildman–Crippen LogP) is -0.504. The third-order valence-electron chi connectivity index (χ3n) is 4.80. The highest BCUT2D eigenvalue weighted by Crippen LogP contribution is 2.44. The van der Waals surface area contributed by atoms with Crippen molar-refractivity contribution in [1.82, 2.24) is 10.2 Å². The van der Waals surface area contributed by atoms with Crippen LogP contribution in [0.5, 0.6) is 0 Å². The number of amides is 1. The Morgan fingerprint density at radius 2 is 1.75 bits per heavy atom. The number of piperazine rings is 1. The smallest absolute Gasteiger partial charge is 0.438 e. The van der Waals surface area contributed by atoms with Gasteiger partial charge >= 0.3 is 12.1 Å². The molecule has 9 nitrogen and oxygen atoms in total. The van der Waals surface area contributed by atoms with Crippen molar-refractivity contribution in [2.75, 3.05) is 40.1 Å². The lowest BCUT2D eigenvalue weighted by atomic mass is 9.78. The van der Waals surface area contributed by atoms with Crippen LogP contribution in [0.25, 0.3) is 0 Å². The molecule has 4 atom stereocenters. The van der Waals surface area contributed by atoms with Crippen LogP contribution in [0.3, 0.4) is 0 Å². The quantitative estimate of drug-likeness (QED) is 0.538. The van der Waals surface area contributed by atoms with Crippen LogP contribution in [0.4, 0.5) is 4.79 Å². The number of hydrogen-bond acceptors (Lipinski definition) is 8. The Bertz CT molecular complexity index is 506. The highest BCUT2D eigenvalue weighted by molar-refractivity contribution is 5.87. The van der Waals surface area contributed by atoms with Crippen molar-refractivity contribution < 1.29 is 33.3 Å². The van der Waals surface area contributed by atoms with Gasteiger partial charge in [-0.05, 0) is 12.8 Å². The molecule has 3 saturated heterocycles. The van der Waals surface area contributed by atoms with Crippen molar-refractivity contribution in [3.63, 3.8) is 0 Å². The number of ether oxygens (including phenoxy) is 4. The zero-order valence-corrected chi connectivity index (χ0v) is 13.6. The van der Waals surface area contributed by atoms with Gasteiger partial charge < -0.3 is 29.2 Å². The van der Waals surface area contributed by atoms with Gasteiger partial charge in [-0.15, -0.1) is 0 Å². The number of hydrogen-bond donors (Lipinski definition) is 1. The van der Waals surface area contributed by atoms with E-state index in [-0.39, 0.29) is 18.1 Å². The van der Waals surface area contributed by atoms with Crippen molar-refractivity contribution in [1.29, 1.82) is 0 Å². The monoisotopic (exact) mass is 342 g/mol. The van der Waals surface area contributed by atoms with Gasteiger partial charge in [-0.1, -0.05) is 0 Å². The van der Waals surface area contributed by atoms with Crippen LogP contribution in [0.15, 0.2) is 0 Å². The molecule has 1 amide bonds. The maximum Gasteiger partial charge on any atom is 0.510 e. The average molecular weight is 342 g/mol. The SMILES string of the molecule is COC(=O)OCOC(=O)[C@H]1[C@@H](C(=O)N2CCNCC2)[C@@H]2CC[C@H]1O2. The number of carbonyl (C=O) groups is 3. The van der Waals surface area contributed by atoms with Crippen LogP contribution < -0.4 is 5.32 Å². The van der Waals surface area contributed by atoms with Gasteiger partial charge in [-0.2, -0.15) is 0 Å². The Hall–Kier alpha value is -1.87. The summed E-state index contributed by atoms with van der Waals surface area (Å²) in [6.45, 7) is 2.21. The van der Waals surface area contributed by atoms with E-state index < -0.39 is 30.8 Å². The van der Waals surface area contributed by atoms with Crippen LogP contribution in [-0.2, 0) is 28.5 Å². The van der Waals surface area contributed by atoms with E-state index in [1.165, 1.54) is 0 Å². The standard InChI is InChI=1S/C15H22N2O7/c1-21-15(20)23-8-22-14(19)12-10-3-2-9(24-10)11(12)13(18)17-6-4-16-5-7-17/h9-12,16H,2-8H2,1H3/t9-,10+,11-,12+/m0/s1. The number of carbonyl (C=O) groups excluding carboxylic acids is 3. The molecular weight excluding hydrogens is 320 g/mol. The Labute approximate surface area is 139 Å². The minimum atomic E-state index is -0.930. The van der Waals surface area contributed by atoms with E-state index in [0.717, 1.165) is 33.0 Å². The molecule has 134 valence electrons. The molecule has 0 aliphatic carbocycles. The molecule has 0 saturated carbocycles. The molecule has 24 heavy (non-hydrogen) atoms. The molecule has 9 heteroatoms. The van der Waals surface area contributed by atoms with Crippen LogP contribution >= 0.6 is 0 Å². The fourth-order valence-corrected chi connectivity index (χ4v) is 3.68. The molecule has 0 spiro atoms. The van der Waals surface area contributed by atoms with Gasteiger partial charge in [0.15, 0.2) is 0 Å². The second-order valence-electron chi connectivity index (χ2n) is 6.10. The molecule has 3 aliphatic rings. The highest BCUT2D eigenvalue weighted by Gasteiger charge is 2.56. The minimum Gasteiger partial charge on any atom is -0.438 e. The van der Waals surface area contributed by atoms with Crippen LogP contribution in [-0.4, -0.2) is 75.2 Å². The molecule has 0 unspecified atom stereocenters. The lowest BCUT2D eigenvalue weighted by Gasteiger charge is -2.33. The van der Waals surface area contributed by atoms with E-state index in [4.69, 9.17) is 9.47 Å². The van der Waals surface area contributed by atoms with Gasteiger partial charge in [0.2, 0.25) is 12.7 Å². The summed E-state index contributed by atoms with van der Waals surface area (Å²) in [5.74, 6) is -1.79. The third-order valence-corrected chi connectivity index (χ3v) is 4.80. The summed E-state index contributed by atoms with van der Waals surface area (Å²) in [5.41, 5.74) is 0. The van der Waals surface area contributed by atoms with Crippen molar-refractivity contribution in [3.8, 4) is 0 Å². The molecule has 3 heterocycles. The van der Waals surface area contributed by atoms with Gasteiger partial charge in [-0.3, -0.25) is 9.59 Å². The van der Waals surface area contributed by atoms with Gasteiger partial charge in [0.1, 0.15) is 0 Å². The Morgan fingerprint density at radius 3 is 2.42 bits per heavy atom. The fourth-order valence-electron chi connectivity index (χ4n) is 3.68. The van der Waals surface area contributed by atoms with Crippen LogP contribution in [0.2, 0.25) is 0 Å². The maximum atomic E-state index is 12.8. The first-order valence-corrected chi connectivity index (χ1v) is 8.14. The summed E-state index contributed by atoms with van der Waals surface area (Å²) in [5, 5.41) is 3.20. The second-order valence-corrected chi connectivity index (χ2v) is 6.10. The first kappa shape index (κ1) is 17.0. The summed E-state index contributed by atoms with van der Waals surface area (Å²) < 4.78 is 19.6. The molecule has 3 aliphatic heterocycles. The molecular formula is C15H22N2O7. The Morgan fingerprint density at radius 1 is 1.08 bits per heavy atom. The molecule has 0 aromatic heterocycles. The zero-order chi connectivity index (χ0) is 17.1. The minimum absolute atomic E-state index is 0.0560. The normalized spacial score (nSPS) is 31.6. The molecule has 2 bridgehead atoms. The summed E-state index contributed by atoms with van der Waals surface area (Å²) in [6.07, 6.45) is 0.0258. The van der Waals surface area contributed by atoms with E-state index in [9.17, 15) is 14.4 Å². The van der Waals surface area contributed by atoms with Gasteiger partial charge in [0, 0.05) is 26.2 Å². The van der Waals surface area contributed by atoms with Crippen LogP contribution in [0.1, 0.15) is 12.8 Å². The lowest BCUT2D eigenvalue weighted by molar-refractivity contribution is -0.164. The van der Waals surface area contributed by atoms with Crippen LogP contribution in [0, 0.1) is 11.8 Å². The molecule has 3 fully saturated rings. The number of rotatable bonds is 4. The molecule has 0 radical (unpaired) electrons. The zero-order valence-electron chi connectivity index (χ0n) is 13.6. The molecule has 3 rings (SSSR count). The number of esters is 1. The van der Waals surface area contributed by atoms with Crippen molar-refractivity contribution >= 4 is 18.0 Å². The lowest BCUT2D eigenvalue weighted by Crippen LogP contribution is -2.52. The van der Waals surface area contributed by atoms with E-state index >= 15 is 0 Å². The van der Waals surface area contributed by atoms with Gasteiger partial charge in [0.05, 0.1) is 31.2 Å². The van der Waals surface area contributed by atoms with Crippen molar-refractivity contribution in [2.45, 2.75) is 25.0 Å². The highest BCUT2D eigenvalue weighted by atomic mass is 16.8. The van der Waals surface area contributed by atoms with E-state index in [1.54, 1.807) is 4.90 Å². The first-order chi connectivity index (χ1) is 11.6. The van der Waals surface area contributed by atoms with Gasteiger partial charge in [-0.25, -0.2) is 4.79 Å². The number of nitrogens with one attached hydrogen (secondary N) is 1. The number of nitrogens with zero attached hydrogens (tertiary/aromatic N) is 1. The fraction of sp³-hybridized carbons (Fsp3) is 0.800. The molecule has 0 aromatic carbocycles. The summed E-state index contributed by atoms with van der Waals surface area (Å²) >= 11 is 0. The summed E-state index contributed by atoms with van der Waals surface area (Å²) in [6, 6.07) is 0. The third kappa shape index (κ3) is 3.32. The maximum absolute atomic E-state index is 12.8. The largest absolute Gasteiger partial charge is 0.510 e. The van der Waals surface area contributed by atoms with Crippen molar-refractivity contribution in [3.05, 3.63) is 0 Å². The second kappa shape index (κ2) is 7.35. The van der Waals surface area contributed by atoms with E-state index in [0.29, 0.717) is 13.1 Å². The molecule has 0 aromatic rings. The Kier molecular flexibility index (Phi) is 5.20. The topological polar surface area (TPSA) is 103 Å². The Balaban J connectivity index is 1.62. The van der Waals surface area contributed by atoms with E-state index in [1.807, 2.05) is 0 Å². The van der Waals surface area contributed by atoms with Crippen molar-refractivity contribution in [2.24, 2.45) is 11.8 Å². The number of methoxy groups -OCH3 is 1. The summed E-state index contributed by atoms with van der Waals surface area (Å²) in [4.78, 5) is 37.9. The predicted molar refractivity (Wildman–Crippen MR) is 78.8 cm³/mol. The summed E-state index contributed by atoms with van der Waals surface area (Å²) in [7, 11) is 1.16. The average Bonchev–Trinajstić information content (AvgIpc) is 3.22. The first-order valence-electron chi connectivity index (χ1n) is 8.14. The number of fused-ring (bicyclic) bond motifs is 2.